The first-order chi connectivity index (χ1) is 7.31. The van der Waals surface area contributed by atoms with Crippen molar-refractivity contribution < 1.29 is 0 Å². The molecule has 1 aromatic rings. The van der Waals surface area contributed by atoms with Gasteiger partial charge >= 0.3 is 0 Å². The van der Waals surface area contributed by atoms with Crippen LogP contribution in [-0.4, -0.2) is 26.0 Å². The molecule has 3 nitrogen and oxygen atoms in total. The Labute approximate surface area is 94.5 Å². The summed E-state index contributed by atoms with van der Waals surface area (Å²) in [6.07, 6.45) is 0. The van der Waals surface area contributed by atoms with Gasteiger partial charge in [0.25, 0.3) is 0 Å². The Hall–Kier alpha value is -1.06. The molecule has 15 heavy (non-hydrogen) atoms. The van der Waals surface area contributed by atoms with Gasteiger partial charge in [-0.1, -0.05) is 23.7 Å². The SMILES string of the molecule is CNCc1ccc(C2=NCCN2)cc1Cl. The van der Waals surface area contributed by atoms with Gasteiger partial charge in [-0.25, -0.2) is 0 Å². The van der Waals surface area contributed by atoms with Crippen LogP contribution in [0.1, 0.15) is 11.1 Å². The largest absolute Gasteiger partial charge is 0.368 e. The van der Waals surface area contributed by atoms with E-state index in [4.69, 9.17) is 11.6 Å². The molecule has 0 saturated heterocycles. The van der Waals surface area contributed by atoms with Crippen molar-refractivity contribution in [1.29, 1.82) is 0 Å². The highest BCUT2D eigenvalue weighted by Crippen LogP contribution is 2.18. The topological polar surface area (TPSA) is 36.4 Å². The Balaban J connectivity index is 2.24. The van der Waals surface area contributed by atoms with Crippen molar-refractivity contribution in [2.75, 3.05) is 20.1 Å². The number of nitrogens with zero attached hydrogens (tertiary/aromatic N) is 1. The molecule has 0 amide bonds. The van der Waals surface area contributed by atoms with Gasteiger partial charge in [0, 0.05) is 23.7 Å². The van der Waals surface area contributed by atoms with E-state index in [1.165, 1.54) is 0 Å². The van der Waals surface area contributed by atoms with Crippen molar-refractivity contribution >= 4 is 17.4 Å². The minimum absolute atomic E-state index is 0.790. The lowest BCUT2D eigenvalue weighted by atomic mass is 10.1. The molecule has 0 bridgehead atoms. The van der Waals surface area contributed by atoms with E-state index >= 15 is 0 Å². The summed E-state index contributed by atoms with van der Waals surface area (Å²) >= 11 is 6.16. The third-order valence-corrected chi connectivity index (χ3v) is 2.72. The fourth-order valence-electron chi connectivity index (χ4n) is 1.62. The first-order valence-electron chi connectivity index (χ1n) is 5.03. The van der Waals surface area contributed by atoms with Crippen LogP contribution < -0.4 is 10.6 Å². The smallest absolute Gasteiger partial charge is 0.128 e. The molecule has 4 heteroatoms. The minimum Gasteiger partial charge on any atom is -0.368 e. The molecule has 0 radical (unpaired) electrons. The van der Waals surface area contributed by atoms with E-state index in [1.54, 1.807) is 0 Å². The fourth-order valence-corrected chi connectivity index (χ4v) is 1.87. The van der Waals surface area contributed by atoms with Crippen LogP contribution in [0.5, 0.6) is 0 Å². The molecule has 2 N–H and O–H groups in total. The molecule has 1 aromatic carbocycles. The predicted octanol–water partition coefficient (Wildman–Crippen LogP) is 1.41. The number of rotatable bonds is 3. The number of nitrogens with one attached hydrogen (secondary N) is 2. The highest BCUT2D eigenvalue weighted by atomic mass is 35.5. The summed E-state index contributed by atoms with van der Waals surface area (Å²) in [5.41, 5.74) is 2.18. The normalized spacial score (nSPS) is 14.9. The lowest BCUT2D eigenvalue weighted by Crippen LogP contribution is -2.19. The predicted molar refractivity (Wildman–Crippen MR) is 63.6 cm³/mol. The van der Waals surface area contributed by atoms with E-state index in [0.29, 0.717) is 0 Å². The summed E-state index contributed by atoms with van der Waals surface area (Å²) in [6.45, 7) is 2.56. The molecule has 0 spiro atoms. The zero-order chi connectivity index (χ0) is 10.7. The maximum atomic E-state index is 6.16. The monoisotopic (exact) mass is 223 g/mol. The van der Waals surface area contributed by atoms with Crippen molar-refractivity contribution in [1.82, 2.24) is 10.6 Å². The number of hydrogen-bond acceptors (Lipinski definition) is 3. The van der Waals surface area contributed by atoms with Gasteiger partial charge in [0.1, 0.15) is 5.84 Å². The van der Waals surface area contributed by atoms with Crippen LogP contribution in [0.2, 0.25) is 5.02 Å². The molecule has 0 aliphatic carbocycles. The van der Waals surface area contributed by atoms with Gasteiger partial charge in [-0.3, -0.25) is 4.99 Å². The third kappa shape index (κ3) is 2.30. The molecule has 80 valence electrons. The summed E-state index contributed by atoms with van der Waals surface area (Å²) in [6, 6.07) is 6.05. The van der Waals surface area contributed by atoms with Crippen molar-refractivity contribution in [3.05, 3.63) is 34.3 Å². The first kappa shape index (κ1) is 10.5. The summed E-state index contributed by atoms with van der Waals surface area (Å²) in [5.74, 6) is 0.952. The maximum absolute atomic E-state index is 6.16. The van der Waals surface area contributed by atoms with Crippen LogP contribution in [0.4, 0.5) is 0 Å². The van der Waals surface area contributed by atoms with Gasteiger partial charge in [-0.2, -0.15) is 0 Å². The second-order valence-corrected chi connectivity index (χ2v) is 3.90. The molecule has 1 aliphatic heterocycles. The highest BCUT2D eigenvalue weighted by Gasteiger charge is 2.09. The molecule has 0 atom stereocenters. The van der Waals surface area contributed by atoms with Crippen molar-refractivity contribution in [2.45, 2.75) is 6.54 Å². The van der Waals surface area contributed by atoms with Gasteiger partial charge in [0.05, 0.1) is 6.54 Å². The molecule has 0 fully saturated rings. The number of benzene rings is 1. The summed E-state index contributed by atoms with van der Waals surface area (Å²) < 4.78 is 0. The van der Waals surface area contributed by atoms with E-state index in [0.717, 1.165) is 41.6 Å². The van der Waals surface area contributed by atoms with Gasteiger partial charge in [0.15, 0.2) is 0 Å². The van der Waals surface area contributed by atoms with Crippen LogP contribution >= 0.6 is 11.6 Å². The zero-order valence-corrected chi connectivity index (χ0v) is 9.43. The van der Waals surface area contributed by atoms with Crippen molar-refractivity contribution in [2.24, 2.45) is 4.99 Å². The van der Waals surface area contributed by atoms with Crippen LogP contribution in [0, 0.1) is 0 Å². The molecule has 1 heterocycles. The Morgan fingerprint density at radius 2 is 2.40 bits per heavy atom. The number of halogens is 1. The van der Waals surface area contributed by atoms with Gasteiger partial charge in [0.2, 0.25) is 0 Å². The van der Waals surface area contributed by atoms with E-state index in [1.807, 2.05) is 19.2 Å². The second kappa shape index (κ2) is 4.64. The van der Waals surface area contributed by atoms with Gasteiger partial charge < -0.3 is 10.6 Å². The van der Waals surface area contributed by atoms with Gasteiger partial charge in [-0.15, -0.1) is 0 Å². The number of aliphatic imine (C=N–C) groups is 1. The molecule has 0 saturated carbocycles. The molecular weight excluding hydrogens is 210 g/mol. The summed E-state index contributed by atoms with van der Waals surface area (Å²) in [4.78, 5) is 4.35. The van der Waals surface area contributed by atoms with Gasteiger partial charge in [-0.05, 0) is 18.7 Å². The van der Waals surface area contributed by atoms with Crippen LogP contribution in [0.25, 0.3) is 0 Å². The highest BCUT2D eigenvalue weighted by molar-refractivity contribution is 6.31. The zero-order valence-electron chi connectivity index (χ0n) is 8.68. The lowest BCUT2D eigenvalue weighted by Gasteiger charge is -2.07. The quantitative estimate of drug-likeness (QED) is 0.813. The van der Waals surface area contributed by atoms with Crippen LogP contribution in [0.15, 0.2) is 23.2 Å². The molecular formula is C11H14ClN3. The second-order valence-electron chi connectivity index (χ2n) is 3.49. The molecule has 0 unspecified atom stereocenters. The van der Waals surface area contributed by atoms with Crippen molar-refractivity contribution in [3.8, 4) is 0 Å². The van der Waals surface area contributed by atoms with Crippen LogP contribution in [0.3, 0.4) is 0 Å². The fraction of sp³-hybridized carbons (Fsp3) is 0.364. The number of hydrogen-bond donors (Lipinski definition) is 2. The molecule has 1 aliphatic rings. The first-order valence-corrected chi connectivity index (χ1v) is 5.41. The minimum atomic E-state index is 0.790. The van der Waals surface area contributed by atoms with E-state index in [-0.39, 0.29) is 0 Å². The van der Waals surface area contributed by atoms with E-state index in [2.05, 4.69) is 21.7 Å². The maximum Gasteiger partial charge on any atom is 0.128 e. The van der Waals surface area contributed by atoms with Crippen LogP contribution in [-0.2, 0) is 6.54 Å². The summed E-state index contributed by atoms with van der Waals surface area (Å²) in [7, 11) is 1.91. The lowest BCUT2D eigenvalue weighted by molar-refractivity contribution is 0.818. The Morgan fingerprint density at radius 3 is 3.00 bits per heavy atom. The molecule has 2 rings (SSSR count). The average molecular weight is 224 g/mol. The van der Waals surface area contributed by atoms with Crippen molar-refractivity contribution in [3.63, 3.8) is 0 Å². The molecule has 0 aromatic heterocycles. The Kier molecular flexibility index (Phi) is 3.23. The Bertz CT molecular complexity index is 387. The van der Waals surface area contributed by atoms with E-state index < -0.39 is 0 Å². The standard InChI is InChI=1S/C11H14ClN3/c1-13-7-9-3-2-8(6-10(9)12)11-14-4-5-15-11/h2-3,6,13H,4-5,7H2,1H3,(H,14,15). The summed E-state index contributed by atoms with van der Waals surface area (Å²) in [5, 5.41) is 7.10. The van der Waals surface area contributed by atoms with E-state index in [9.17, 15) is 0 Å². The third-order valence-electron chi connectivity index (χ3n) is 2.37. The average Bonchev–Trinajstić information content (AvgIpc) is 2.74. The Morgan fingerprint density at radius 1 is 1.53 bits per heavy atom. The number of amidine groups is 1.